The predicted octanol–water partition coefficient (Wildman–Crippen LogP) is 4.26. The largest absolute Gasteiger partial charge is 0.341 e. The molecule has 1 aromatic heterocycles. The first-order valence-corrected chi connectivity index (χ1v) is 10.1. The van der Waals surface area contributed by atoms with Crippen LogP contribution >= 0.6 is 0 Å². The minimum absolute atomic E-state index is 0.316. The lowest BCUT2D eigenvalue weighted by Gasteiger charge is -2.35. The number of aromatic nitrogens is 2. The number of aryl methyl sites for hydroxylation is 2. The van der Waals surface area contributed by atoms with Gasteiger partial charge in [0, 0.05) is 37.3 Å². The number of rotatable bonds is 6. The third-order valence-corrected chi connectivity index (χ3v) is 5.77. The Morgan fingerprint density at radius 2 is 2.00 bits per heavy atom. The minimum atomic E-state index is 0.316. The third-order valence-electron chi connectivity index (χ3n) is 5.77. The molecule has 4 nitrogen and oxygen atoms in total. The molecule has 0 radical (unpaired) electrons. The maximum absolute atomic E-state index is 12.7. The Hall–Kier alpha value is -2.10. The number of hydrogen-bond donors (Lipinski definition) is 0. The van der Waals surface area contributed by atoms with Crippen molar-refractivity contribution in [2.24, 2.45) is 0 Å². The van der Waals surface area contributed by atoms with Crippen LogP contribution in [0.2, 0.25) is 0 Å². The number of likely N-dealkylation sites (tertiary alicyclic amines) is 1. The van der Waals surface area contributed by atoms with Crippen LogP contribution in [0.4, 0.5) is 0 Å². The highest BCUT2D eigenvalue weighted by atomic mass is 16.2. The van der Waals surface area contributed by atoms with Gasteiger partial charge in [0.05, 0.1) is 6.04 Å². The van der Waals surface area contributed by atoms with Crippen molar-refractivity contribution in [3.8, 4) is 0 Å². The second-order valence-corrected chi connectivity index (χ2v) is 7.88. The van der Waals surface area contributed by atoms with Gasteiger partial charge in [-0.15, -0.1) is 0 Å². The Morgan fingerprint density at radius 1 is 1.19 bits per heavy atom. The Balaban J connectivity index is 1.34. The summed E-state index contributed by atoms with van der Waals surface area (Å²) in [6.07, 6.45) is 9.37. The van der Waals surface area contributed by atoms with Gasteiger partial charge in [-0.1, -0.05) is 30.3 Å². The maximum atomic E-state index is 12.7. The monoisotopic (exact) mass is 351 g/mol. The molecule has 2 aliphatic rings. The number of piperidine rings is 1. The van der Waals surface area contributed by atoms with E-state index in [-0.39, 0.29) is 0 Å². The van der Waals surface area contributed by atoms with Crippen molar-refractivity contribution >= 4 is 5.91 Å². The van der Waals surface area contributed by atoms with Gasteiger partial charge >= 0.3 is 0 Å². The molecule has 2 fully saturated rings. The molecule has 2 aromatic rings. The van der Waals surface area contributed by atoms with Crippen LogP contribution in [0.1, 0.15) is 67.6 Å². The SMILES string of the molecule is Cc1cnc(C2CC2)n1C1CCCN(C(=O)CCCc2ccccc2)C1. The first kappa shape index (κ1) is 17.3. The quantitative estimate of drug-likeness (QED) is 0.780. The van der Waals surface area contributed by atoms with Crippen molar-refractivity contribution in [2.75, 3.05) is 13.1 Å². The number of nitrogens with zero attached hydrogens (tertiary/aromatic N) is 3. The van der Waals surface area contributed by atoms with Gasteiger partial charge in [0.15, 0.2) is 0 Å². The van der Waals surface area contributed by atoms with Gasteiger partial charge in [-0.2, -0.15) is 0 Å². The summed E-state index contributed by atoms with van der Waals surface area (Å²) in [4.78, 5) is 19.5. The van der Waals surface area contributed by atoms with Gasteiger partial charge in [-0.25, -0.2) is 4.98 Å². The molecule has 1 aliphatic carbocycles. The fourth-order valence-electron chi connectivity index (χ4n) is 4.22. The molecule has 0 bridgehead atoms. The van der Waals surface area contributed by atoms with Crippen LogP contribution in [0.3, 0.4) is 0 Å². The summed E-state index contributed by atoms with van der Waals surface area (Å²) in [6.45, 7) is 3.91. The van der Waals surface area contributed by atoms with E-state index in [0.717, 1.165) is 38.8 Å². The van der Waals surface area contributed by atoms with Crippen LogP contribution in [-0.4, -0.2) is 33.4 Å². The van der Waals surface area contributed by atoms with Crippen LogP contribution in [0.15, 0.2) is 36.5 Å². The summed E-state index contributed by atoms with van der Waals surface area (Å²) in [5.41, 5.74) is 2.57. The zero-order chi connectivity index (χ0) is 17.9. The molecule has 2 heterocycles. The number of carbonyl (C=O) groups excluding carboxylic acids is 1. The highest BCUT2D eigenvalue weighted by Gasteiger charge is 2.33. The van der Waals surface area contributed by atoms with Crippen molar-refractivity contribution in [1.82, 2.24) is 14.5 Å². The van der Waals surface area contributed by atoms with Crippen LogP contribution in [0.5, 0.6) is 0 Å². The molecule has 1 saturated heterocycles. The summed E-state index contributed by atoms with van der Waals surface area (Å²) in [7, 11) is 0. The summed E-state index contributed by atoms with van der Waals surface area (Å²) in [5, 5.41) is 0. The molecular formula is C22H29N3O. The average molecular weight is 351 g/mol. The molecule has 1 atom stereocenters. The summed E-state index contributed by atoms with van der Waals surface area (Å²) in [6, 6.07) is 10.9. The van der Waals surface area contributed by atoms with Crippen molar-refractivity contribution in [3.63, 3.8) is 0 Å². The van der Waals surface area contributed by atoms with Crippen LogP contribution in [0, 0.1) is 6.92 Å². The van der Waals surface area contributed by atoms with E-state index in [0.29, 0.717) is 24.3 Å². The van der Waals surface area contributed by atoms with Gasteiger partial charge in [-0.05, 0) is 51.0 Å². The molecule has 1 amide bonds. The van der Waals surface area contributed by atoms with E-state index in [1.807, 2.05) is 12.3 Å². The zero-order valence-corrected chi connectivity index (χ0v) is 15.7. The molecule has 0 N–H and O–H groups in total. The molecule has 1 unspecified atom stereocenters. The molecule has 1 aliphatic heterocycles. The van der Waals surface area contributed by atoms with Gasteiger partial charge in [-0.3, -0.25) is 4.79 Å². The normalized spacial score (nSPS) is 20.3. The minimum Gasteiger partial charge on any atom is -0.341 e. The standard InChI is InChI=1S/C22H29N3O/c1-17-15-23-22(19-12-13-19)25(17)20-10-6-14-24(16-20)21(26)11-5-9-18-7-3-2-4-8-18/h2-4,7-8,15,19-20H,5-6,9-14,16H2,1H3. The number of benzene rings is 1. The Morgan fingerprint density at radius 3 is 2.77 bits per heavy atom. The van der Waals surface area contributed by atoms with E-state index >= 15 is 0 Å². The smallest absolute Gasteiger partial charge is 0.222 e. The Kier molecular flexibility index (Phi) is 5.09. The average Bonchev–Trinajstić information content (AvgIpc) is 3.44. The molecule has 4 heteroatoms. The van der Waals surface area contributed by atoms with Crippen molar-refractivity contribution in [1.29, 1.82) is 0 Å². The highest BCUT2D eigenvalue weighted by molar-refractivity contribution is 5.76. The second kappa shape index (κ2) is 7.65. The number of amides is 1. The van der Waals surface area contributed by atoms with Gasteiger partial charge in [0.1, 0.15) is 5.82 Å². The fraction of sp³-hybridized carbons (Fsp3) is 0.545. The summed E-state index contributed by atoms with van der Waals surface area (Å²) in [5.74, 6) is 2.22. The van der Waals surface area contributed by atoms with Gasteiger partial charge in [0.25, 0.3) is 0 Å². The van der Waals surface area contributed by atoms with Crippen molar-refractivity contribution < 1.29 is 4.79 Å². The third kappa shape index (κ3) is 3.84. The highest BCUT2D eigenvalue weighted by Crippen LogP contribution is 2.41. The van der Waals surface area contributed by atoms with E-state index in [1.54, 1.807) is 0 Å². The van der Waals surface area contributed by atoms with Gasteiger partial charge in [0.2, 0.25) is 5.91 Å². The molecule has 1 aromatic carbocycles. The van der Waals surface area contributed by atoms with E-state index < -0.39 is 0 Å². The van der Waals surface area contributed by atoms with Crippen molar-refractivity contribution in [2.45, 2.75) is 63.8 Å². The molecule has 4 rings (SSSR count). The lowest BCUT2D eigenvalue weighted by Crippen LogP contribution is -2.41. The van der Waals surface area contributed by atoms with E-state index in [4.69, 9.17) is 0 Å². The number of carbonyl (C=O) groups is 1. The number of hydrogen-bond acceptors (Lipinski definition) is 2. The van der Waals surface area contributed by atoms with E-state index in [2.05, 4.69) is 45.6 Å². The lowest BCUT2D eigenvalue weighted by molar-refractivity contribution is -0.132. The molecule has 1 saturated carbocycles. The molecule has 26 heavy (non-hydrogen) atoms. The Bertz CT molecular complexity index is 748. The lowest BCUT2D eigenvalue weighted by atomic mass is 10.0. The van der Waals surface area contributed by atoms with Crippen molar-refractivity contribution in [3.05, 3.63) is 53.6 Å². The van der Waals surface area contributed by atoms with E-state index in [1.165, 1.54) is 29.9 Å². The number of imidazole rings is 1. The Labute approximate surface area is 156 Å². The second-order valence-electron chi connectivity index (χ2n) is 7.88. The molecule has 138 valence electrons. The first-order valence-electron chi connectivity index (χ1n) is 10.1. The summed E-state index contributed by atoms with van der Waals surface area (Å²) >= 11 is 0. The maximum Gasteiger partial charge on any atom is 0.222 e. The molecular weight excluding hydrogens is 322 g/mol. The van der Waals surface area contributed by atoms with Crippen LogP contribution in [0.25, 0.3) is 0 Å². The first-order chi connectivity index (χ1) is 12.7. The van der Waals surface area contributed by atoms with Gasteiger partial charge < -0.3 is 9.47 Å². The fourth-order valence-corrected chi connectivity index (χ4v) is 4.22. The zero-order valence-electron chi connectivity index (χ0n) is 15.7. The van der Waals surface area contributed by atoms with E-state index in [9.17, 15) is 4.79 Å². The van der Waals surface area contributed by atoms with Crippen LogP contribution < -0.4 is 0 Å². The topological polar surface area (TPSA) is 38.1 Å². The van der Waals surface area contributed by atoms with Crippen LogP contribution in [-0.2, 0) is 11.2 Å². The predicted molar refractivity (Wildman–Crippen MR) is 103 cm³/mol. The molecule has 0 spiro atoms. The summed E-state index contributed by atoms with van der Waals surface area (Å²) < 4.78 is 2.43.